The highest BCUT2D eigenvalue weighted by Crippen LogP contribution is 2.38. The molecule has 1 aromatic carbocycles. The van der Waals surface area contributed by atoms with Gasteiger partial charge in [0.25, 0.3) is 0 Å². The highest BCUT2D eigenvalue weighted by molar-refractivity contribution is 6.06. The fourth-order valence-corrected chi connectivity index (χ4v) is 5.13. The summed E-state index contributed by atoms with van der Waals surface area (Å²) in [5, 5.41) is 0. The molecule has 2 aromatic rings. The molecule has 1 aliphatic carbocycles. The molecule has 0 bridgehead atoms. The van der Waals surface area contributed by atoms with Crippen LogP contribution in [0.1, 0.15) is 38.5 Å². The van der Waals surface area contributed by atoms with Crippen molar-refractivity contribution in [2.45, 2.75) is 38.5 Å². The summed E-state index contributed by atoms with van der Waals surface area (Å²) >= 11 is 0. The number of carbonyl (C=O) groups is 3. The van der Waals surface area contributed by atoms with Crippen molar-refractivity contribution in [3.63, 3.8) is 0 Å². The van der Waals surface area contributed by atoms with E-state index in [1.807, 2.05) is 36.2 Å². The predicted molar refractivity (Wildman–Crippen MR) is 117 cm³/mol. The van der Waals surface area contributed by atoms with Crippen LogP contribution in [0.4, 0.5) is 11.6 Å². The van der Waals surface area contributed by atoms with E-state index in [0.717, 1.165) is 49.7 Å². The fraction of sp³-hybridized carbons (Fsp3) is 0.522. The normalized spacial score (nSPS) is 23.7. The van der Waals surface area contributed by atoms with Crippen molar-refractivity contribution in [1.29, 1.82) is 0 Å². The van der Waals surface area contributed by atoms with E-state index in [1.54, 1.807) is 4.90 Å². The van der Waals surface area contributed by atoms with E-state index in [0.29, 0.717) is 18.2 Å². The van der Waals surface area contributed by atoms with Crippen LogP contribution in [-0.4, -0.2) is 59.3 Å². The van der Waals surface area contributed by atoms with Crippen molar-refractivity contribution in [2.24, 2.45) is 11.8 Å². The molecule has 31 heavy (non-hydrogen) atoms. The summed E-state index contributed by atoms with van der Waals surface area (Å²) in [6, 6.07) is 7.63. The third-order valence-corrected chi connectivity index (χ3v) is 6.81. The second-order valence-electron chi connectivity index (χ2n) is 8.76. The summed E-state index contributed by atoms with van der Waals surface area (Å²) in [5.41, 5.74) is 1.53. The lowest BCUT2D eigenvalue weighted by Crippen LogP contribution is -2.38. The molecule has 1 aromatic heterocycles. The van der Waals surface area contributed by atoms with Crippen LogP contribution in [0.25, 0.3) is 11.0 Å². The smallest absolute Gasteiger partial charge is 0.233 e. The van der Waals surface area contributed by atoms with Gasteiger partial charge in [-0.3, -0.25) is 24.2 Å². The Morgan fingerprint density at radius 3 is 2.19 bits per heavy atom. The summed E-state index contributed by atoms with van der Waals surface area (Å²) in [5.74, 6) is 0.563. The predicted octanol–water partition coefficient (Wildman–Crippen LogP) is 2.37. The Balaban J connectivity index is 1.37. The first-order valence-corrected chi connectivity index (χ1v) is 11.2. The van der Waals surface area contributed by atoms with Crippen LogP contribution in [0.3, 0.4) is 0 Å². The maximum atomic E-state index is 13.2. The molecule has 3 aliphatic rings. The average molecular weight is 422 g/mol. The van der Waals surface area contributed by atoms with E-state index in [9.17, 15) is 14.4 Å². The van der Waals surface area contributed by atoms with Crippen LogP contribution in [0.5, 0.6) is 0 Å². The molecule has 5 rings (SSSR count). The number of likely N-dealkylation sites (tertiary alicyclic amines) is 1. The second-order valence-corrected chi connectivity index (χ2v) is 8.76. The van der Waals surface area contributed by atoms with Crippen molar-refractivity contribution in [2.75, 3.05) is 36.5 Å². The van der Waals surface area contributed by atoms with Crippen molar-refractivity contribution in [3.8, 4) is 0 Å². The largest absolute Gasteiger partial charge is 0.357 e. The van der Waals surface area contributed by atoms with Gasteiger partial charge < -0.3 is 4.90 Å². The van der Waals surface area contributed by atoms with Crippen LogP contribution in [0.2, 0.25) is 0 Å². The van der Waals surface area contributed by atoms with E-state index in [2.05, 4.69) is 0 Å². The van der Waals surface area contributed by atoms with Crippen LogP contribution >= 0.6 is 0 Å². The summed E-state index contributed by atoms with van der Waals surface area (Å²) in [4.78, 5) is 53.2. The number of rotatable bonds is 3. The minimum atomic E-state index is -0.179. The summed E-state index contributed by atoms with van der Waals surface area (Å²) in [7, 11) is 1.96. The highest BCUT2D eigenvalue weighted by Gasteiger charge is 2.48. The number of imide groups is 1. The number of nitrogens with zero attached hydrogens (tertiary/aromatic N) is 5. The number of amides is 3. The molecule has 2 aliphatic heterocycles. The van der Waals surface area contributed by atoms with Crippen LogP contribution in [0.15, 0.2) is 24.3 Å². The molecule has 0 radical (unpaired) electrons. The number of anilines is 2. The van der Waals surface area contributed by atoms with Gasteiger partial charge >= 0.3 is 0 Å². The zero-order valence-corrected chi connectivity index (χ0v) is 17.8. The Bertz CT molecular complexity index is 1030. The molecule has 0 N–H and O–H groups in total. The van der Waals surface area contributed by atoms with E-state index in [-0.39, 0.29) is 42.5 Å². The Morgan fingerprint density at radius 1 is 0.935 bits per heavy atom. The van der Waals surface area contributed by atoms with Crippen molar-refractivity contribution in [3.05, 3.63) is 24.3 Å². The molecule has 1 saturated heterocycles. The first-order valence-electron chi connectivity index (χ1n) is 11.2. The van der Waals surface area contributed by atoms with Crippen LogP contribution in [0, 0.1) is 11.8 Å². The molecule has 2 fully saturated rings. The van der Waals surface area contributed by atoms with Gasteiger partial charge in [0, 0.05) is 33.1 Å². The standard InChI is InChI=1S/C23H27N5O3/c1-26-12-6-13-27(21-20(26)24-17-9-4-5-10-18(17)25-21)19(29)11-14-28-22(30)15-7-2-3-8-16(15)23(28)31/h4-5,9-10,15-16H,2-3,6-8,11-14H2,1H3. The quantitative estimate of drug-likeness (QED) is 0.707. The van der Waals surface area contributed by atoms with Crippen molar-refractivity contribution < 1.29 is 14.4 Å². The first kappa shape index (κ1) is 19.9. The number of para-hydroxylation sites is 2. The number of carbonyl (C=O) groups excluding carboxylic acids is 3. The molecular formula is C23H27N5O3. The molecule has 162 valence electrons. The lowest BCUT2D eigenvalue weighted by atomic mass is 9.81. The number of benzene rings is 1. The van der Waals surface area contributed by atoms with Gasteiger partial charge in [-0.25, -0.2) is 9.97 Å². The van der Waals surface area contributed by atoms with E-state index in [4.69, 9.17) is 9.97 Å². The van der Waals surface area contributed by atoms with Crippen LogP contribution < -0.4 is 9.80 Å². The Morgan fingerprint density at radius 2 is 1.55 bits per heavy atom. The Hall–Kier alpha value is -3.03. The van der Waals surface area contributed by atoms with Gasteiger partial charge in [0.1, 0.15) is 0 Å². The van der Waals surface area contributed by atoms with Gasteiger partial charge in [0.2, 0.25) is 17.7 Å². The maximum absolute atomic E-state index is 13.2. The molecule has 2 atom stereocenters. The summed E-state index contributed by atoms with van der Waals surface area (Å²) < 4.78 is 0. The van der Waals surface area contributed by atoms with Gasteiger partial charge in [-0.2, -0.15) is 0 Å². The fourth-order valence-electron chi connectivity index (χ4n) is 5.13. The number of fused-ring (bicyclic) bond motifs is 3. The van der Waals surface area contributed by atoms with Gasteiger partial charge in [-0.15, -0.1) is 0 Å². The second kappa shape index (κ2) is 7.90. The monoisotopic (exact) mass is 421 g/mol. The van der Waals surface area contributed by atoms with E-state index < -0.39 is 0 Å². The topological polar surface area (TPSA) is 86.7 Å². The third-order valence-electron chi connectivity index (χ3n) is 6.81. The van der Waals surface area contributed by atoms with E-state index in [1.165, 1.54) is 4.90 Å². The zero-order valence-electron chi connectivity index (χ0n) is 17.8. The minimum Gasteiger partial charge on any atom is -0.357 e. The van der Waals surface area contributed by atoms with Gasteiger partial charge in [0.05, 0.1) is 22.9 Å². The van der Waals surface area contributed by atoms with Gasteiger partial charge in [0.15, 0.2) is 11.6 Å². The van der Waals surface area contributed by atoms with E-state index >= 15 is 0 Å². The molecule has 2 unspecified atom stereocenters. The van der Waals surface area contributed by atoms with Gasteiger partial charge in [-0.1, -0.05) is 25.0 Å². The summed E-state index contributed by atoms with van der Waals surface area (Å²) in [6.07, 6.45) is 4.47. The Labute approximate surface area is 181 Å². The first-order chi connectivity index (χ1) is 15.0. The third kappa shape index (κ3) is 3.43. The molecule has 3 heterocycles. The molecule has 0 spiro atoms. The molecular weight excluding hydrogens is 394 g/mol. The minimum absolute atomic E-state index is 0.0933. The molecule has 1 saturated carbocycles. The number of hydrogen-bond donors (Lipinski definition) is 0. The number of hydrogen-bond acceptors (Lipinski definition) is 6. The lowest BCUT2D eigenvalue weighted by molar-refractivity contribution is -0.140. The van der Waals surface area contributed by atoms with Gasteiger partial charge in [-0.05, 0) is 31.4 Å². The maximum Gasteiger partial charge on any atom is 0.233 e. The molecule has 8 heteroatoms. The SMILES string of the molecule is CN1CCCN(C(=O)CCN2C(=O)C3CCCCC3C2=O)c2nc3ccccc3nc21. The van der Waals surface area contributed by atoms with Crippen molar-refractivity contribution in [1.82, 2.24) is 14.9 Å². The zero-order chi connectivity index (χ0) is 21.5. The highest BCUT2D eigenvalue weighted by atomic mass is 16.2. The molecule has 3 amide bonds. The molecule has 8 nitrogen and oxygen atoms in total. The average Bonchev–Trinajstić information content (AvgIpc) is 2.92. The van der Waals surface area contributed by atoms with Crippen LogP contribution in [-0.2, 0) is 14.4 Å². The Kier molecular flexibility index (Phi) is 5.08. The number of aromatic nitrogens is 2. The lowest BCUT2D eigenvalue weighted by Gasteiger charge is -2.23. The van der Waals surface area contributed by atoms with Crippen molar-refractivity contribution >= 4 is 40.4 Å². The summed E-state index contributed by atoms with van der Waals surface area (Å²) in [6.45, 7) is 1.46.